The summed E-state index contributed by atoms with van der Waals surface area (Å²) in [7, 11) is -3.87. The Morgan fingerprint density at radius 3 is 2.17 bits per heavy atom. The summed E-state index contributed by atoms with van der Waals surface area (Å²) in [6.45, 7) is -0.661. The second-order valence-electron chi connectivity index (χ2n) is 3.54. The van der Waals surface area contributed by atoms with Crippen LogP contribution in [0.5, 0.6) is 0 Å². The molecule has 0 atom stereocenters. The minimum Gasteiger partial charge on any atom is -0.211 e. The van der Waals surface area contributed by atoms with E-state index in [2.05, 4.69) is 15.9 Å². The van der Waals surface area contributed by atoms with E-state index in [-0.39, 0.29) is 4.90 Å². The van der Waals surface area contributed by atoms with Crippen LogP contribution in [-0.2, 0) is 15.4 Å². The van der Waals surface area contributed by atoms with Crippen LogP contribution in [0, 0.1) is 0 Å². The van der Waals surface area contributed by atoms with Crippen molar-refractivity contribution in [3.8, 4) is 0 Å². The second kappa shape index (κ2) is 6.03. The van der Waals surface area contributed by atoms with Crippen LogP contribution in [0.15, 0.2) is 29.2 Å². The molecular formula is C10H11BrF3NO2S. The van der Waals surface area contributed by atoms with Gasteiger partial charge in [0, 0.05) is 11.9 Å². The van der Waals surface area contributed by atoms with E-state index in [1.165, 1.54) is 12.1 Å². The summed E-state index contributed by atoms with van der Waals surface area (Å²) in [4.78, 5) is -0.0469. The summed E-state index contributed by atoms with van der Waals surface area (Å²) in [5, 5.41) is 0.578. The van der Waals surface area contributed by atoms with Gasteiger partial charge in [0.1, 0.15) is 0 Å². The Kier molecular flexibility index (Phi) is 5.18. The van der Waals surface area contributed by atoms with E-state index in [9.17, 15) is 21.6 Å². The first-order valence-corrected chi connectivity index (χ1v) is 7.56. The molecule has 3 nitrogen and oxygen atoms in total. The molecule has 0 heterocycles. The number of alkyl halides is 4. The largest absolute Gasteiger partial charge is 0.390 e. The molecule has 0 aliphatic heterocycles. The molecule has 0 aliphatic carbocycles. The first-order chi connectivity index (χ1) is 8.24. The number of hydrogen-bond donors (Lipinski definition) is 1. The van der Waals surface area contributed by atoms with Crippen molar-refractivity contribution in [3.05, 3.63) is 29.8 Å². The van der Waals surface area contributed by atoms with Crippen LogP contribution in [0.2, 0.25) is 0 Å². The molecule has 1 aromatic carbocycles. The van der Waals surface area contributed by atoms with Crippen molar-refractivity contribution < 1.29 is 21.6 Å². The Morgan fingerprint density at radius 1 is 1.17 bits per heavy atom. The maximum atomic E-state index is 11.9. The minimum absolute atomic E-state index is 0.0469. The van der Waals surface area contributed by atoms with Gasteiger partial charge in [-0.25, -0.2) is 13.1 Å². The van der Waals surface area contributed by atoms with E-state index in [0.717, 1.165) is 5.56 Å². The number of benzene rings is 1. The Bertz CT molecular complexity index is 485. The van der Waals surface area contributed by atoms with E-state index in [4.69, 9.17) is 0 Å². The standard InChI is InChI=1S/C10H11BrF3NO2S/c11-7-8-1-3-9(4-2-8)18(16,17)15-6-5-10(12,13)14/h1-4,15H,5-7H2. The number of sulfonamides is 1. The van der Waals surface area contributed by atoms with Crippen LogP contribution in [0.3, 0.4) is 0 Å². The molecular weight excluding hydrogens is 335 g/mol. The number of hydrogen-bond acceptors (Lipinski definition) is 2. The Labute approximate surface area is 112 Å². The lowest BCUT2D eigenvalue weighted by molar-refractivity contribution is -0.132. The highest BCUT2D eigenvalue weighted by atomic mass is 79.9. The van der Waals surface area contributed by atoms with Crippen LogP contribution in [-0.4, -0.2) is 21.1 Å². The molecule has 0 aliphatic rings. The molecule has 1 aromatic rings. The van der Waals surface area contributed by atoms with Crippen molar-refractivity contribution in [3.63, 3.8) is 0 Å². The van der Waals surface area contributed by atoms with Gasteiger partial charge in [0.25, 0.3) is 0 Å². The molecule has 0 spiro atoms. The van der Waals surface area contributed by atoms with E-state index in [1.807, 2.05) is 4.72 Å². The lowest BCUT2D eigenvalue weighted by Gasteiger charge is -2.09. The van der Waals surface area contributed by atoms with Gasteiger partial charge in [-0.1, -0.05) is 28.1 Å². The van der Waals surface area contributed by atoms with Gasteiger partial charge >= 0.3 is 6.18 Å². The summed E-state index contributed by atoms with van der Waals surface area (Å²) < 4.78 is 60.8. The molecule has 0 radical (unpaired) electrons. The highest BCUT2D eigenvalue weighted by Crippen LogP contribution is 2.19. The first-order valence-electron chi connectivity index (χ1n) is 4.96. The predicted octanol–water partition coefficient (Wildman–Crippen LogP) is 2.81. The van der Waals surface area contributed by atoms with Gasteiger partial charge in [0.2, 0.25) is 10.0 Å². The van der Waals surface area contributed by atoms with E-state index in [0.29, 0.717) is 5.33 Å². The van der Waals surface area contributed by atoms with Gasteiger partial charge in [-0.05, 0) is 17.7 Å². The van der Waals surface area contributed by atoms with Crippen molar-refractivity contribution in [1.82, 2.24) is 4.72 Å². The van der Waals surface area contributed by atoms with E-state index < -0.39 is 29.2 Å². The highest BCUT2D eigenvalue weighted by molar-refractivity contribution is 9.08. The Morgan fingerprint density at radius 2 is 1.72 bits per heavy atom. The fourth-order valence-electron chi connectivity index (χ4n) is 1.17. The molecule has 0 amide bonds. The van der Waals surface area contributed by atoms with Crippen molar-refractivity contribution in [1.29, 1.82) is 0 Å². The van der Waals surface area contributed by atoms with Gasteiger partial charge in [-0.2, -0.15) is 13.2 Å². The third kappa shape index (κ3) is 4.95. The normalized spacial score (nSPS) is 12.7. The average Bonchev–Trinajstić information content (AvgIpc) is 2.27. The summed E-state index contributed by atoms with van der Waals surface area (Å²) in [5.41, 5.74) is 0.879. The highest BCUT2D eigenvalue weighted by Gasteiger charge is 2.27. The smallest absolute Gasteiger partial charge is 0.211 e. The quantitative estimate of drug-likeness (QED) is 0.834. The summed E-state index contributed by atoms with van der Waals surface area (Å²) in [6.07, 6.45) is -5.56. The number of halogens is 4. The van der Waals surface area contributed by atoms with Crippen molar-refractivity contribution >= 4 is 26.0 Å². The Balaban J connectivity index is 2.68. The summed E-state index contributed by atoms with van der Waals surface area (Å²) in [5.74, 6) is 0. The second-order valence-corrected chi connectivity index (χ2v) is 5.87. The summed E-state index contributed by atoms with van der Waals surface area (Å²) >= 11 is 3.21. The third-order valence-electron chi connectivity index (χ3n) is 2.09. The van der Waals surface area contributed by atoms with Gasteiger partial charge in [0.05, 0.1) is 11.3 Å². The van der Waals surface area contributed by atoms with Gasteiger partial charge in [0.15, 0.2) is 0 Å². The molecule has 18 heavy (non-hydrogen) atoms. The average molecular weight is 346 g/mol. The maximum absolute atomic E-state index is 11.9. The zero-order chi connectivity index (χ0) is 13.8. The van der Waals surface area contributed by atoms with E-state index in [1.54, 1.807) is 12.1 Å². The molecule has 0 unspecified atom stereocenters. The van der Waals surface area contributed by atoms with Crippen molar-refractivity contribution in [2.24, 2.45) is 0 Å². The third-order valence-corrected chi connectivity index (χ3v) is 4.21. The lowest BCUT2D eigenvalue weighted by Crippen LogP contribution is -2.28. The number of nitrogens with one attached hydrogen (secondary N) is 1. The van der Waals surface area contributed by atoms with Crippen LogP contribution in [0.25, 0.3) is 0 Å². The molecule has 0 fully saturated rings. The molecule has 1 N–H and O–H groups in total. The summed E-state index contributed by atoms with van der Waals surface area (Å²) in [6, 6.07) is 5.89. The maximum Gasteiger partial charge on any atom is 0.390 e. The molecule has 8 heteroatoms. The molecule has 102 valence electrons. The lowest BCUT2D eigenvalue weighted by atomic mass is 10.2. The fourth-order valence-corrected chi connectivity index (χ4v) is 2.57. The zero-order valence-electron chi connectivity index (χ0n) is 9.17. The van der Waals surface area contributed by atoms with Crippen LogP contribution in [0.4, 0.5) is 13.2 Å². The first kappa shape index (κ1) is 15.5. The van der Waals surface area contributed by atoms with E-state index >= 15 is 0 Å². The molecule has 0 bridgehead atoms. The van der Waals surface area contributed by atoms with Gasteiger partial charge in [-0.15, -0.1) is 0 Å². The van der Waals surface area contributed by atoms with Crippen LogP contribution >= 0.6 is 15.9 Å². The SMILES string of the molecule is O=S(=O)(NCCC(F)(F)F)c1ccc(CBr)cc1. The Hall–Kier alpha value is -0.600. The topological polar surface area (TPSA) is 46.2 Å². The predicted molar refractivity (Wildman–Crippen MR) is 64.9 cm³/mol. The van der Waals surface area contributed by atoms with Gasteiger partial charge in [-0.3, -0.25) is 0 Å². The fraction of sp³-hybridized carbons (Fsp3) is 0.400. The van der Waals surface area contributed by atoms with Crippen LogP contribution in [0.1, 0.15) is 12.0 Å². The number of rotatable bonds is 5. The molecule has 0 saturated carbocycles. The monoisotopic (exact) mass is 345 g/mol. The molecule has 0 aromatic heterocycles. The van der Waals surface area contributed by atoms with Crippen molar-refractivity contribution in [2.75, 3.05) is 6.54 Å². The zero-order valence-corrected chi connectivity index (χ0v) is 11.6. The molecule has 0 saturated heterocycles. The van der Waals surface area contributed by atoms with Crippen molar-refractivity contribution in [2.45, 2.75) is 22.8 Å². The minimum atomic E-state index is -4.37. The van der Waals surface area contributed by atoms with Crippen LogP contribution < -0.4 is 4.72 Å². The molecule has 1 rings (SSSR count). The van der Waals surface area contributed by atoms with Gasteiger partial charge < -0.3 is 0 Å².